The summed E-state index contributed by atoms with van der Waals surface area (Å²) in [6.45, 7) is 3.61. The van der Waals surface area contributed by atoms with Gasteiger partial charge in [0.15, 0.2) is 11.6 Å². The van der Waals surface area contributed by atoms with Crippen LogP contribution in [0.15, 0.2) is 27.3 Å². The normalized spacial score (nSPS) is 17.9. The van der Waals surface area contributed by atoms with Gasteiger partial charge in [0.05, 0.1) is 12.8 Å². The highest BCUT2D eigenvalue weighted by molar-refractivity contribution is 5.42. The Labute approximate surface area is 111 Å². The summed E-state index contributed by atoms with van der Waals surface area (Å²) in [5.41, 5.74) is 5.69. The van der Waals surface area contributed by atoms with Crippen molar-refractivity contribution in [3.63, 3.8) is 0 Å². The highest BCUT2D eigenvalue weighted by atomic mass is 16.5. The molecule has 1 fully saturated rings. The quantitative estimate of drug-likeness (QED) is 0.899. The van der Waals surface area contributed by atoms with Crippen LogP contribution in [0.1, 0.15) is 18.7 Å². The minimum Gasteiger partial charge on any atom is -0.459 e. The molecule has 0 atom stereocenters. The molecular weight excluding hydrogens is 244 g/mol. The van der Waals surface area contributed by atoms with Gasteiger partial charge in [-0.1, -0.05) is 5.16 Å². The Hall–Kier alpha value is -1.66. The molecule has 3 rings (SSSR count). The van der Waals surface area contributed by atoms with E-state index in [2.05, 4.69) is 15.0 Å². The Morgan fingerprint density at radius 1 is 1.37 bits per heavy atom. The van der Waals surface area contributed by atoms with E-state index in [9.17, 15) is 0 Å². The average Bonchev–Trinajstić information content (AvgIpc) is 3.10. The van der Waals surface area contributed by atoms with E-state index >= 15 is 0 Å². The molecule has 0 aromatic carbocycles. The van der Waals surface area contributed by atoms with Gasteiger partial charge in [-0.05, 0) is 50.5 Å². The molecule has 0 amide bonds. The second-order valence-electron chi connectivity index (χ2n) is 4.95. The van der Waals surface area contributed by atoms with E-state index in [0.717, 1.165) is 39.0 Å². The molecule has 0 radical (unpaired) electrons. The van der Waals surface area contributed by atoms with E-state index in [1.54, 1.807) is 12.3 Å². The number of aromatic nitrogens is 2. The summed E-state index contributed by atoms with van der Waals surface area (Å²) < 4.78 is 10.4. The highest BCUT2D eigenvalue weighted by Gasteiger charge is 2.20. The molecule has 2 N–H and O–H groups in total. The van der Waals surface area contributed by atoms with E-state index in [1.807, 2.05) is 6.07 Å². The molecule has 0 unspecified atom stereocenters. The van der Waals surface area contributed by atoms with Crippen molar-refractivity contribution in [2.45, 2.75) is 19.4 Å². The van der Waals surface area contributed by atoms with E-state index in [4.69, 9.17) is 14.7 Å². The third-order valence-corrected chi connectivity index (χ3v) is 3.61. The number of nitrogens with two attached hydrogens (primary N) is 1. The molecule has 6 nitrogen and oxygen atoms in total. The van der Waals surface area contributed by atoms with Crippen LogP contribution >= 0.6 is 0 Å². The summed E-state index contributed by atoms with van der Waals surface area (Å²) in [6.07, 6.45) is 3.90. The first-order valence-corrected chi connectivity index (χ1v) is 6.64. The Morgan fingerprint density at radius 3 is 2.89 bits per heavy atom. The zero-order valence-corrected chi connectivity index (χ0v) is 10.8. The molecule has 0 bridgehead atoms. The number of rotatable bonds is 4. The highest BCUT2D eigenvalue weighted by Crippen LogP contribution is 2.20. The molecule has 6 heteroatoms. The van der Waals surface area contributed by atoms with Gasteiger partial charge in [-0.2, -0.15) is 4.98 Å². The molecule has 2 aromatic heterocycles. The molecular formula is C13H18N4O2. The minimum atomic E-state index is 0.442. The standard InChI is InChI=1S/C13H18N4O2/c14-8-10-3-5-17(6-4-10)9-12-15-13(19-16-12)11-2-1-7-18-11/h1-2,7,10H,3-6,8-9,14H2. The maximum absolute atomic E-state index is 5.69. The van der Waals surface area contributed by atoms with Crippen LogP contribution in [-0.4, -0.2) is 34.7 Å². The fourth-order valence-electron chi connectivity index (χ4n) is 2.40. The molecule has 0 aliphatic carbocycles. The van der Waals surface area contributed by atoms with Crippen molar-refractivity contribution in [1.82, 2.24) is 15.0 Å². The Bertz CT molecular complexity index is 500. The first-order valence-electron chi connectivity index (χ1n) is 6.64. The van der Waals surface area contributed by atoms with Gasteiger partial charge in [0.25, 0.3) is 5.89 Å². The van der Waals surface area contributed by atoms with Gasteiger partial charge in [0.1, 0.15) is 0 Å². The average molecular weight is 262 g/mol. The lowest BCUT2D eigenvalue weighted by Crippen LogP contribution is -2.35. The predicted octanol–water partition coefficient (Wildman–Crippen LogP) is 1.50. The van der Waals surface area contributed by atoms with Crippen LogP contribution in [-0.2, 0) is 6.54 Å². The molecule has 1 aliphatic heterocycles. The van der Waals surface area contributed by atoms with Gasteiger partial charge in [-0.3, -0.25) is 4.90 Å². The molecule has 19 heavy (non-hydrogen) atoms. The summed E-state index contributed by atoms with van der Waals surface area (Å²) in [7, 11) is 0. The Balaban J connectivity index is 1.59. The number of furan rings is 1. The van der Waals surface area contributed by atoms with Crippen LogP contribution in [0.3, 0.4) is 0 Å². The first-order chi connectivity index (χ1) is 9.35. The number of likely N-dealkylation sites (tertiary alicyclic amines) is 1. The van der Waals surface area contributed by atoms with Gasteiger partial charge in [0, 0.05) is 0 Å². The maximum Gasteiger partial charge on any atom is 0.293 e. The smallest absolute Gasteiger partial charge is 0.293 e. The van der Waals surface area contributed by atoms with Crippen LogP contribution < -0.4 is 5.73 Å². The van der Waals surface area contributed by atoms with Crippen LogP contribution in [0.25, 0.3) is 11.7 Å². The summed E-state index contributed by atoms with van der Waals surface area (Å²) >= 11 is 0. The number of piperidine rings is 1. The number of nitrogens with zero attached hydrogens (tertiary/aromatic N) is 3. The molecule has 0 spiro atoms. The zero-order valence-electron chi connectivity index (χ0n) is 10.8. The third-order valence-electron chi connectivity index (χ3n) is 3.61. The van der Waals surface area contributed by atoms with E-state index < -0.39 is 0 Å². The molecule has 0 saturated carbocycles. The van der Waals surface area contributed by atoms with Gasteiger partial charge < -0.3 is 14.7 Å². The zero-order chi connectivity index (χ0) is 13.1. The molecule has 3 heterocycles. The number of hydrogen-bond donors (Lipinski definition) is 1. The van der Waals surface area contributed by atoms with Crippen LogP contribution in [0.4, 0.5) is 0 Å². The fraction of sp³-hybridized carbons (Fsp3) is 0.538. The van der Waals surface area contributed by atoms with Crippen molar-refractivity contribution in [3.8, 4) is 11.7 Å². The van der Waals surface area contributed by atoms with Crippen molar-refractivity contribution in [2.75, 3.05) is 19.6 Å². The first kappa shape index (κ1) is 12.4. The van der Waals surface area contributed by atoms with Gasteiger partial charge in [-0.15, -0.1) is 0 Å². The fourth-order valence-corrected chi connectivity index (χ4v) is 2.40. The molecule has 1 saturated heterocycles. The minimum absolute atomic E-state index is 0.442. The summed E-state index contributed by atoms with van der Waals surface area (Å²) in [4.78, 5) is 6.68. The lowest BCUT2D eigenvalue weighted by molar-refractivity contribution is 0.175. The second-order valence-corrected chi connectivity index (χ2v) is 4.95. The van der Waals surface area contributed by atoms with Crippen molar-refractivity contribution in [1.29, 1.82) is 0 Å². The Kier molecular flexibility index (Phi) is 3.61. The number of hydrogen-bond acceptors (Lipinski definition) is 6. The Morgan fingerprint density at radius 2 is 2.21 bits per heavy atom. The van der Waals surface area contributed by atoms with Crippen LogP contribution in [0.5, 0.6) is 0 Å². The van der Waals surface area contributed by atoms with Crippen molar-refractivity contribution >= 4 is 0 Å². The third kappa shape index (κ3) is 2.85. The largest absolute Gasteiger partial charge is 0.459 e. The summed E-state index contributed by atoms with van der Waals surface area (Å²) in [5, 5.41) is 3.99. The van der Waals surface area contributed by atoms with Gasteiger partial charge in [-0.25, -0.2) is 0 Å². The lowest BCUT2D eigenvalue weighted by Gasteiger charge is -2.30. The maximum atomic E-state index is 5.69. The predicted molar refractivity (Wildman–Crippen MR) is 69.1 cm³/mol. The van der Waals surface area contributed by atoms with Crippen molar-refractivity contribution in [2.24, 2.45) is 11.7 Å². The molecule has 1 aliphatic rings. The second kappa shape index (κ2) is 5.54. The van der Waals surface area contributed by atoms with Crippen LogP contribution in [0.2, 0.25) is 0 Å². The molecule has 102 valence electrons. The molecule has 2 aromatic rings. The van der Waals surface area contributed by atoms with E-state index in [0.29, 0.717) is 23.4 Å². The van der Waals surface area contributed by atoms with Gasteiger partial charge in [0.2, 0.25) is 0 Å². The van der Waals surface area contributed by atoms with E-state index in [1.165, 1.54) is 0 Å². The SMILES string of the molecule is NCC1CCN(Cc2noc(-c3ccco3)n2)CC1. The summed E-state index contributed by atoms with van der Waals surface area (Å²) in [5.74, 6) is 2.43. The van der Waals surface area contributed by atoms with Crippen molar-refractivity contribution < 1.29 is 8.94 Å². The lowest BCUT2D eigenvalue weighted by atomic mass is 9.97. The monoisotopic (exact) mass is 262 g/mol. The van der Waals surface area contributed by atoms with Crippen LogP contribution in [0, 0.1) is 5.92 Å². The van der Waals surface area contributed by atoms with E-state index in [-0.39, 0.29) is 0 Å². The summed E-state index contributed by atoms with van der Waals surface area (Å²) in [6, 6.07) is 3.61. The van der Waals surface area contributed by atoms with Gasteiger partial charge >= 0.3 is 0 Å². The topological polar surface area (TPSA) is 81.3 Å². The van der Waals surface area contributed by atoms with Crippen molar-refractivity contribution in [3.05, 3.63) is 24.2 Å².